The number of allylic oxidation sites excluding steroid dienone is 2. The Balaban J connectivity index is 2.89. The van der Waals surface area contributed by atoms with E-state index in [1.54, 1.807) is 0 Å². The Hall–Kier alpha value is -1.58. The van der Waals surface area contributed by atoms with Crippen molar-refractivity contribution >= 4 is 11.8 Å². The number of rotatable bonds is 1. The number of carboxylic acid groups (broad SMARTS) is 1. The van der Waals surface area contributed by atoms with Gasteiger partial charge in [-0.05, 0) is 19.3 Å². The fourth-order valence-electron chi connectivity index (χ4n) is 1.31. The number of Topliss-reactive ketones (excluding diaryl/α,β-unsaturated/α-hetero) is 1. The van der Waals surface area contributed by atoms with Gasteiger partial charge in [-0.1, -0.05) is 0 Å². The van der Waals surface area contributed by atoms with Crippen LogP contribution in [0, 0.1) is 0 Å². The third-order valence-electron chi connectivity index (χ3n) is 1.93. The van der Waals surface area contributed by atoms with Crippen molar-refractivity contribution in [3.05, 3.63) is 23.5 Å². The van der Waals surface area contributed by atoms with Gasteiger partial charge in [-0.2, -0.15) is 0 Å². The number of aliphatic hydroxyl groups excluding tert-OH is 1. The Morgan fingerprint density at radius 2 is 1.92 bits per heavy atom. The molecule has 0 amide bonds. The van der Waals surface area contributed by atoms with Crippen LogP contribution >= 0.6 is 0 Å². The minimum Gasteiger partial charge on any atom is -0.515 e. The van der Waals surface area contributed by atoms with Gasteiger partial charge in [-0.15, -0.1) is 0 Å². The highest BCUT2D eigenvalue weighted by atomic mass is 16.4. The molecule has 0 atom stereocenters. The van der Waals surface area contributed by atoms with Crippen molar-refractivity contribution < 1.29 is 19.8 Å². The van der Waals surface area contributed by atoms with Crippen LogP contribution in [0.2, 0.25) is 0 Å². The number of aliphatic carboxylic acids is 1. The van der Waals surface area contributed by atoms with E-state index < -0.39 is 5.97 Å². The fraction of sp³-hybridized carbons (Fsp3) is 0.333. The lowest BCUT2D eigenvalue weighted by molar-refractivity contribution is -0.131. The molecule has 1 fully saturated rings. The van der Waals surface area contributed by atoms with Crippen molar-refractivity contribution in [2.24, 2.45) is 0 Å². The van der Waals surface area contributed by atoms with Gasteiger partial charge >= 0.3 is 5.97 Å². The fourth-order valence-corrected chi connectivity index (χ4v) is 1.31. The molecule has 70 valence electrons. The molecule has 0 spiro atoms. The molecule has 0 aromatic heterocycles. The molecule has 1 rings (SSSR count). The lowest BCUT2D eigenvalue weighted by Crippen LogP contribution is -2.13. The normalized spacial score (nSPS) is 23.8. The minimum atomic E-state index is -1.12. The van der Waals surface area contributed by atoms with Crippen LogP contribution in [0.5, 0.6) is 0 Å². The number of carboxylic acids is 1. The molecule has 0 saturated heterocycles. The zero-order chi connectivity index (χ0) is 9.84. The average Bonchev–Trinajstić information content (AvgIpc) is 2.08. The molecule has 1 saturated carbocycles. The Morgan fingerprint density at radius 1 is 1.31 bits per heavy atom. The Morgan fingerprint density at radius 3 is 2.46 bits per heavy atom. The van der Waals surface area contributed by atoms with Gasteiger partial charge in [-0.3, -0.25) is 4.79 Å². The molecule has 4 heteroatoms. The molecule has 0 radical (unpaired) electrons. The molecule has 0 unspecified atom stereocenters. The van der Waals surface area contributed by atoms with Crippen LogP contribution in [0.1, 0.15) is 19.3 Å². The smallest absolute Gasteiger partial charge is 0.328 e. The average molecular weight is 182 g/mol. The second-order valence-electron chi connectivity index (χ2n) is 2.84. The number of hydrogen-bond acceptors (Lipinski definition) is 3. The summed E-state index contributed by atoms with van der Waals surface area (Å²) in [5.74, 6) is -1.47. The Kier molecular flexibility index (Phi) is 2.84. The maximum atomic E-state index is 11.3. The second kappa shape index (κ2) is 3.89. The summed E-state index contributed by atoms with van der Waals surface area (Å²) in [5.41, 5.74) is 0.554. The zero-order valence-corrected chi connectivity index (χ0v) is 6.99. The quantitative estimate of drug-likeness (QED) is 0.472. The molecule has 0 heterocycles. The Bertz CT molecular complexity index is 299. The molecule has 0 aromatic rings. The van der Waals surface area contributed by atoms with Crippen LogP contribution in [0.4, 0.5) is 0 Å². The van der Waals surface area contributed by atoms with Gasteiger partial charge in [0.2, 0.25) is 0 Å². The molecule has 0 aromatic carbocycles. The Labute approximate surface area is 75.2 Å². The van der Waals surface area contributed by atoms with Crippen LogP contribution in [0.25, 0.3) is 0 Å². The van der Waals surface area contributed by atoms with Gasteiger partial charge in [0.15, 0.2) is 5.78 Å². The number of carbonyl (C=O) groups is 2. The zero-order valence-electron chi connectivity index (χ0n) is 6.99. The first-order valence-corrected chi connectivity index (χ1v) is 3.96. The SMILES string of the molecule is O=C(O)C=C1CCCC(=CO)C1=O. The van der Waals surface area contributed by atoms with Crippen molar-refractivity contribution in [1.82, 2.24) is 0 Å². The van der Waals surface area contributed by atoms with E-state index in [4.69, 9.17) is 10.2 Å². The van der Waals surface area contributed by atoms with Crippen LogP contribution in [0.3, 0.4) is 0 Å². The van der Waals surface area contributed by atoms with Crippen molar-refractivity contribution in [3.8, 4) is 0 Å². The monoisotopic (exact) mass is 182 g/mol. The molecule has 2 N–H and O–H groups in total. The summed E-state index contributed by atoms with van der Waals surface area (Å²) < 4.78 is 0. The maximum Gasteiger partial charge on any atom is 0.328 e. The largest absolute Gasteiger partial charge is 0.515 e. The molecule has 1 aliphatic carbocycles. The predicted molar refractivity (Wildman–Crippen MR) is 45.3 cm³/mol. The number of carbonyl (C=O) groups excluding carboxylic acids is 1. The summed E-state index contributed by atoms with van der Waals surface area (Å²) in [6, 6.07) is 0. The lowest BCUT2D eigenvalue weighted by Gasteiger charge is -2.13. The summed E-state index contributed by atoms with van der Waals surface area (Å²) in [6.07, 6.45) is 3.37. The summed E-state index contributed by atoms with van der Waals surface area (Å²) in [7, 11) is 0. The van der Waals surface area contributed by atoms with E-state index in [1.807, 2.05) is 0 Å². The molecule has 1 aliphatic rings. The van der Waals surface area contributed by atoms with E-state index >= 15 is 0 Å². The molecule has 0 bridgehead atoms. The summed E-state index contributed by atoms with van der Waals surface area (Å²) in [4.78, 5) is 21.6. The maximum absolute atomic E-state index is 11.3. The van der Waals surface area contributed by atoms with E-state index in [0.29, 0.717) is 24.8 Å². The molecule has 0 aliphatic heterocycles. The highest BCUT2D eigenvalue weighted by molar-refractivity contribution is 6.11. The van der Waals surface area contributed by atoms with E-state index in [-0.39, 0.29) is 11.4 Å². The summed E-state index contributed by atoms with van der Waals surface area (Å²) >= 11 is 0. The number of aliphatic hydroxyl groups is 1. The van der Waals surface area contributed by atoms with E-state index in [1.165, 1.54) is 0 Å². The molecular weight excluding hydrogens is 172 g/mol. The second-order valence-corrected chi connectivity index (χ2v) is 2.84. The van der Waals surface area contributed by atoms with Crippen molar-refractivity contribution in [1.29, 1.82) is 0 Å². The van der Waals surface area contributed by atoms with Crippen LogP contribution < -0.4 is 0 Å². The van der Waals surface area contributed by atoms with Crippen LogP contribution in [-0.4, -0.2) is 22.0 Å². The van der Waals surface area contributed by atoms with Gasteiger partial charge in [0.1, 0.15) is 0 Å². The van der Waals surface area contributed by atoms with Crippen molar-refractivity contribution in [3.63, 3.8) is 0 Å². The number of ketones is 1. The first-order chi connectivity index (χ1) is 6.15. The van der Waals surface area contributed by atoms with Gasteiger partial charge in [0, 0.05) is 17.2 Å². The van der Waals surface area contributed by atoms with Gasteiger partial charge in [-0.25, -0.2) is 4.79 Å². The predicted octanol–water partition coefficient (Wildman–Crippen LogP) is 1.19. The number of hydrogen-bond donors (Lipinski definition) is 2. The van der Waals surface area contributed by atoms with Crippen LogP contribution in [-0.2, 0) is 9.59 Å². The van der Waals surface area contributed by atoms with E-state index in [2.05, 4.69) is 0 Å². The first-order valence-electron chi connectivity index (χ1n) is 3.96. The highest BCUT2D eigenvalue weighted by Gasteiger charge is 2.21. The standard InChI is InChI=1S/C9H10O4/c10-5-7-3-1-2-6(9(7)13)4-8(11)12/h4-5,10H,1-3H2,(H,11,12). The first kappa shape index (κ1) is 9.51. The van der Waals surface area contributed by atoms with E-state index in [9.17, 15) is 9.59 Å². The van der Waals surface area contributed by atoms with Gasteiger partial charge in [0.05, 0.1) is 6.26 Å². The molecule has 4 nitrogen and oxygen atoms in total. The van der Waals surface area contributed by atoms with Crippen molar-refractivity contribution in [2.75, 3.05) is 0 Å². The van der Waals surface area contributed by atoms with Gasteiger partial charge in [0.25, 0.3) is 0 Å². The van der Waals surface area contributed by atoms with E-state index in [0.717, 1.165) is 12.3 Å². The van der Waals surface area contributed by atoms with Crippen LogP contribution in [0.15, 0.2) is 23.5 Å². The highest BCUT2D eigenvalue weighted by Crippen LogP contribution is 2.23. The minimum absolute atomic E-state index is 0.263. The summed E-state index contributed by atoms with van der Waals surface area (Å²) in [6.45, 7) is 0. The van der Waals surface area contributed by atoms with Gasteiger partial charge < -0.3 is 10.2 Å². The lowest BCUT2D eigenvalue weighted by atomic mass is 9.89. The third-order valence-corrected chi connectivity index (χ3v) is 1.93. The third kappa shape index (κ3) is 2.18. The molecular formula is C9H10O4. The summed E-state index contributed by atoms with van der Waals surface area (Å²) in [5, 5.41) is 17.1. The van der Waals surface area contributed by atoms with Crippen molar-refractivity contribution in [2.45, 2.75) is 19.3 Å². The topological polar surface area (TPSA) is 74.6 Å². The molecule has 13 heavy (non-hydrogen) atoms.